The summed E-state index contributed by atoms with van der Waals surface area (Å²) in [6.07, 6.45) is 1.42. The molecule has 0 aliphatic carbocycles. The summed E-state index contributed by atoms with van der Waals surface area (Å²) in [6.45, 7) is 0.921. The van der Waals surface area contributed by atoms with Crippen LogP contribution in [0.25, 0.3) is 0 Å². The molecule has 1 aliphatic rings. The second-order valence-electron chi connectivity index (χ2n) is 6.66. The van der Waals surface area contributed by atoms with Crippen molar-refractivity contribution < 1.29 is 14.0 Å². The lowest BCUT2D eigenvalue weighted by molar-refractivity contribution is -0.126. The summed E-state index contributed by atoms with van der Waals surface area (Å²) in [5.41, 5.74) is 6.51. The third-order valence-electron chi connectivity index (χ3n) is 4.51. The van der Waals surface area contributed by atoms with E-state index in [1.165, 1.54) is 24.3 Å². The van der Waals surface area contributed by atoms with E-state index in [1.54, 1.807) is 4.90 Å². The molecule has 1 saturated heterocycles. The first-order valence-corrected chi connectivity index (χ1v) is 9.65. The molecule has 0 saturated carbocycles. The topological polar surface area (TPSA) is 85.5 Å². The van der Waals surface area contributed by atoms with E-state index >= 15 is 0 Å². The Morgan fingerprint density at radius 1 is 0.966 bits per heavy atom. The average Bonchev–Trinajstić information content (AvgIpc) is 2.74. The van der Waals surface area contributed by atoms with Crippen molar-refractivity contribution in [3.05, 3.63) is 60.4 Å². The molecule has 0 spiro atoms. The Labute approximate surface area is 173 Å². The maximum absolute atomic E-state index is 12.9. The maximum atomic E-state index is 12.9. The van der Waals surface area contributed by atoms with Gasteiger partial charge in [-0.1, -0.05) is 18.2 Å². The van der Waals surface area contributed by atoms with E-state index in [2.05, 4.69) is 21.5 Å². The Bertz CT molecular complexity index is 863. The van der Waals surface area contributed by atoms with Crippen molar-refractivity contribution in [2.75, 3.05) is 23.7 Å². The second-order valence-corrected chi connectivity index (χ2v) is 7.06. The predicted molar refractivity (Wildman–Crippen MR) is 114 cm³/mol. The number of amides is 3. The normalized spacial score (nSPS) is 15.9. The van der Waals surface area contributed by atoms with Gasteiger partial charge in [-0.15, -0.1) is 0 Å². The third-order valence-corrected chi connectivity index (χ3v) is 4.71. The predicted octanol–water partition coefficient (Wildman–Crippen LogP) is 3.09. The van der Waals surface area contributed by atoms with Gasteiger partial charge in [0.25, 0.3) is 0 Å². The molecule has 4 N–H and O–H groups in total. The molecule has 2 aromatic rings. The number of hydrazine groups is 1. The van der Waals surface area contributed by atoms with Gasteiger partial charge in [-0.2, -0.15) is 0 Å². The van der Waals surface area contributed by atoms with Crippen molar-refractivity contribution in [1.82, 2.24) is 15.8 Å². The van der Waals surface area contributed by atoms with E-state index in [-0.39, 0.29) is 28.8 Å². The molecule has 3 rings (SSSR count). The molecule has 1 fully saturated rings. The minimum Gasteiger partial charge on any atom is -0.331 e. The van der Waals surface area contributed by atoms with Gasteiger partial charge >= 0.3 is 6.03 Å². The van der Waals surface area contributed by atoms with Crippen LogP contribution in [0.15, 0.2) is 54.6 Å². The van der Waals surface area contributed by atoms with Crippen LogP contribution in [0.5, 0.6) is 0 Å². The number of hydrogen-bond donors (Lipinski definition) is 4. The maximum Gasteiger partial charge on any atom is 0.321 e. The van der Waals surface area contributed by atoms with E-state index < -0.39 is 0 Å². The molecule has 0 unspecified atom stereocenters. The van der Waals surface area contributed by atoms with Crippen molar-refractivity contribution in [3.8, 4) is 0 Å². The zero-order valence-corrected chi connectivity index (χ0v) is 16.5. The molecule has 1 heterocycles. The van der Waals surface area contributed by atoms with E-state index in [0.717, 1.165) is 6.42 Å². The highest BCUT2D eigenvalue weighted by molar-refractivity contribution is 7.80. The van der Waals surface area contributed by atoms with Gasteiger partial charge in [-0.05, 0) is 61.5 Å². The summed E-state index contributed by atoms with van der Waals surface area (Å²) in [7, 11) is 0. The number of nitrogens with one attached hydrogen (secondary N) is 4. The van der Waals surface area contributed by atoms with Crippen molar-refractivity contribution in [1.29, 1.82) is 0 Å². The summed E-state index contributed by atoms with van der Waals surface area (Å²) in [5.74, 6) is -0.933. The lowest BCUT2D eigenvalue weighted by atomic mass is 9.98. The molecule has 3 amide bonds. The zero-order chi connectivity index (χ0) is 20.6. The molecule has 0 bridgehead atoms. The fourth-order valence-corrected chi connectivity index (χ4v) is 3.18. The number of piperidine rings is 1. The zero-order valence-electron chi connectivity index (χ0n) is 15.7. The lowest BCUT2D eigenvalue weighted by Gasteiger charge is -2.32. The highest BCUT2D eigenvalue weighted by atomic mass is 32.1. The van der Waals surface area contributed by atoms with Crippen LogP contribution in [-0.4, -0.2) is 35.0 Å². The number of carbonyl (C=O) groups excluding carboxylic acids is 2. The number of hydrogen-bond acceptors (Lipinski definition) is 3. The molecule has 29 heavy (non-hydrogen) atoms. The van der Waals surface area contributed by atoms with Gasteiger partial charge in [0, 0.05) is 24.5 Å². The smallest absolute Gasteiger partial charge is 0.321 e. The highest BCUT2D eigenvalue weighted by Gasteiger charge is 2.28. The fourth-order valence-electron chi connectivity index (χ4n) is 3.02. The van der Waals surface area contributed by atoms with Crippen LogP contribution in [0.1, 0.15) is 12.8 Å². The summed E-state index contributed by atoms with van der Waals surface area (Å²) in [5, 5.41) is 5.86. The summed E-state index contributed by atoms with van der Waals surface area (Å²) < 4.78 is 12.9. The van der Waals surface area contributed by atoms with Crippen LogP contribution in [0.4, 0.5) is 20.6 Å². The quantitative estimate of drug-likeness (QED) is 0.457. The minimum absolute atomic E-state index is 0.180. The number of urea groups is 1. The first kappa shape index (κ1) is 20.5. The van der Waals surface area contributed by atoms with Crippen molar-refractivity contribution in [2.24, 2.45) is 5.92 Å². The van der Waals surface area contributed by atoms with Gasteiger partial charge in [0.2, 0.25) is 5.91 Å². The summed E-state index contributed by atoms with van der Waals surface area (Å²) in [4.78, 5) is 26.5. The SMILES string of the molecule is O=C(NNC(=S)Nc1ccc(F)cc1)[C@H]1CCCN(C(=O)Nc2ccccc2)C1. The lowest BCUT2D eigenvalue weighted by Crippen LogP contribution is -2.51. The first-order valence-electron chi connectivity index (χ1n) is 9.24. The molecular weight excluding hydrogens is 393 g/mol. The number of nitrogens with zero attached hydrogens (tertiary/aromatic N) is 1. The molecule has 1 aliphatic heterocycles. The van der Waals surface area contributed by atoms with Crippen LogP contribution >= 0.6 is 12.2 Å². The number of carbonyl (C=O) groups is 2. The molecule has 0 radical (unpaired) electrons. The highest BCUT2D eigenvalue weighted by Crippen LogP contribution is 2.18. The van der Waals surface area contributed by atoms with Crippen molar-refractivity contribution in [2.45, 2.75) is 12.8 Å². The van der Waals surface area contributed by atoms with Crippen LogP contribution in [-0.2, 0) is 4.79 Å². The van der Waals surface area contributed by atoms with Gasteiger partial charge in [0.1, 0.15) is 5.82 Å². The minimum atomic E-state index is -0.346. The van der Waals surface area contributed by atoms with E-state index in [1.807, 2.05) is 30.3 Å². The van der Waals surface area contributed by atoms with Gasteiger partial charge < -0.3 is 15.5 Å². The fraction of sp³-hybridized carbons (Fsp3) is 0.250. The largest absolute Gasteiger partial charge is 0.331 e. The summed E-state index contributed by atoms with van der Waals surface area (Å²) >= 11 is 5.12. The number of likely N-dealkylation sites (tertiary alicyclic amines) is 1. The third kappa shape index (κ3) is 6.15. The number of thiocarbonyl (C=S) groups is 1. The number of rotatable bonds is 3. The number of benzene rings is 2. The Kier molecular flexibility index (Phi) is 6.96. The first-order chi connectivity index (χ1) is 14.0. The average molecular weight is 415 g/mol. The van der Waals surface area contributed by atoms with Crippen LogP contribution in [0.3, 0.4) is 0 Å². The second kappa shape index (κ2) is 9.83. The van der Waals surface area contributed by atoms with Gasteiger partial charge in [-0.3, -0.25) is 15.6 Å². The van der Waals surface area contributed by atoms with Gasteiger partial charge in [-0.25, -0.2) is 9.18 Å². The number of halogens is 1. The van der Waals surface area contributed by atoms with E-state index in [0.29, 0.717) is 30.9 Å². The molecule has 2 aromatic carbocycles. The van der Waals surface area contributed by atoms with Crippen LogP contribution in [0.2, 0.25) is 0 Å². The molecular formula is C20H22FN5O2S. The molecule has 152 valence electrons. The van der Waals surface area contributed by atoms with Crippen LogP contribution in [0, 0.1) is 11.7 Å². The van der Waals surface area contributed by atoms with Crippen molar-refractivity contribution in [3.63, 3.8) is 0 Å². The standard InChI is InChI=1S/C20H22FN5O2S/c21-15-8-10-17(11-9-15)22-19(29)25-24-18(27)14-5-4-12-26(13-14)20(28)23-16-6-2-1-3-7-16/h1-3,6-11,14H,4-5,12-13H2,(H,23,28)(H,24,27)(H2,22,25,29)/t14-/m0/s1. The monoisotopic (exact) mass is 415 g/mol. The molecule has 0 aromatic heterocycles. The van der Waals surface area contributed by atoms with Gasteiger partial charge in [0.05, 0.1) is 5.92 Å². The Hall–Kier alpha value is -3.20. The van der Waals surface area contributed by atoms with Crippen LogP contribution < -0.4 is 21.5 Å². The van der Waals surface area contributed by atoms with Gasteiger partial charge in [0.15, 0.2) is 5.11 Å². The number of para-hydroxylation sites is 1. The van der Waals surface area contributed by atoms with E-state index in [9.17, 15) is 14.0 Å². The van der Waals surface area contributed by atoms with Crippen molar-refractivity contribution >= 4 is 40.6 Å². The van der Waals surface area contributed by atoms with E-state index in [4.69, 9.17) is 12.2 Å². The summed E-state index contributed by atoms with van der Waals surface area (Å²) in [6, 6.07) is 14.6. The number of anilines is 2. The molecule has 1 atom stereocenters. The Morgan fingerprint density at radius 2 is 1.66 bits per heavy atom. The molecule has 7 nitrogen and oxygen atoms in total. The molecule has 9 heteroatoms. The Morgan fingerprint density at radius 3 is 2.38 bits per heavy atom. The Balaban J connectivity index is 1.45.